The van der Waals surface area contributed by atoms with Crippen LogP contribution in [-0.2, 0) is 25.6 Å². The van der Waals surface area contributed by atoms with Crippen molar-refractivity contribution in [3.8, 4) is 0 Å². The second-order valence-corrected chi connectivity index (χ2v) is 21.8. The topological polar surface area (TPSA) is 177 Å². The summed E-state index contributed by atoms with van der Waals surface area (Å²) in [6, 6.07) is 0.276. The van der Waals surface area contributed by atoms with Crippen molar-refractivity contribution in [2.24, 2.45) is 0 Å². The van der Waals surface area contributed by atoms with Gasteiger partial charge in [-0.3, -0.25) is 18.9 Å². The molecule has 2 saturated heterocycles. The molecule has 2 rings (SSSR count). The van der Waals surface area contributed by atoms with Crippen LogP contribution in [0.4, 0.5) is 0 Å². The zero-order valence-corrected chi connectivity index (χ0v) is 38.0. The van der Waals surface area contributed by atoms with Gasteiger partial charge in [-0.05, 0) is 108 Å². The largest absolute Gasteiger partial charge is 0.412 e. The Morgan fingerprint density at radius 3 is 1.00 bits per heavy atom. The van der Waals surface area contributed by atoms with Crippen LogP contribution in [0.3, 0.4) is 0 Å². The predicted molar refractivity (Wildman–Crippen MR) is 215 cm³/mol. The van der Waals surface area contributed by atoms with Gasteiger partial charge in [0.25, 0.3) is 0 Å². The van der Waals surface area contributed by atoms with Gasteiger partial charge in [0.1, 0.15) is 11.6 Å². The fraction of sp³-hybridized carbons (Fsp3) is 1.00. The van der Waals surface area contributed by atoms with Crippen LogP contribution in [0.2, 0.25) is 0 Å². The van der Waals surface area contributed by atoms with E-state index in [1.807, 2.05) is 0 Å². The van der Waals surface area contributed by atoms with Crippen molar-refractivity contribution in [2.75, 3.05) is 14.1 Å². The predicted octanol–water partition coefficient (Wildman–Crippen LogP) is 8.14. The van der Waals surface area contributed by atoms with Crippen molar-refractivity contribution in [3.05, 3.63) is 0 Å². The van der Waals surface area contributed by atoms with Crippen LogP contribution in [0, 0.1) is 0 Å². The summed E-state index contributed by atoms with van der Waals surface area (Å²) in [5.41, 5.74) is 0.0517. The minimum absolute atomic E-state index is 0. The van der Waals surface area contributed by atoms with Crippen LogP contribution in [0.1, 0.15) is 185 Å². The third kappa shape index (κ3) is 19.2. The molecule has 0 amide bonds. The Bertz CT molecular complexity index is 952. The Morgan fingerprint density at radius 1 is 0.538 bits per heavy atom. The zero-order chi connectivity index (χ0) is 38.6. The van der Waals surface area contributed by atoms with Crippen LogP contribution in [0.15, 0.2) is 0 Å². The van der Waals surface area contributed by atoms with E-state index in [2.05, 4.69) is 104 Å². The third-order valence-electron chi connectivity index (χ3n) is 11.9. The average Bonchev–Trinajstić information content (AvgIpc) is 2.95. The van der Waals surface area contributed by atoms with Gasteiger partial charge in [0.05, 0.1) is 0 Å². The molecule has 0 aromatic carbocycles. The molecule has 2 fully saturated rings. The second-order valence-electron chi connectivity index (χ2n) is 18.2. The normalized spacial score (nSPS) is 22.0. The molecule has 0 radical (unpaired) electrons. The Labute approximate surface area is 329 Å². The zero-order valence-electron chi connectivity index (χ0n) is 35.2. The molecule has 0 aromatic rings. The molecule has 8 N–H and O–H groups in total. The SMILES string of the molecule is CCCCCCCCC(NC1CC(C)(C)N(C)C(C)(C)C1)P(=O)(O)O.CCCCCCCCC(NC1CC(C)(C)N(C)C(C)(C)C1)P(=O)(O)O.O.[Ni]. The van der Waals surface area contributed by atoms with Gasteiger partial charge in [-0.2, -0.15) is 0 Å². The molecule has 2 heterocycles. The maximum atomic E-state index is 12.0. The second kappa shape index (κ2) is 23.7. The molecule has 2 aliphatic rings. The summed E-state index contributed by atoms with van der Waals surface area (Å²) in [6.07, 6.45) is 18.3. The van der Waals surface area contributed by atoms with E-state index in [1.54, 1.807) is 0 Å². The van der Waals surface area contributed by atoms with Gasteiger partial charge in [-0.1, -0.05) is 90.9 Å². The fourth-order valence-corrected chi connectivity index (χ4v) is 10.3. The molecule has 0 saturated carbocycles. The number of nitrogens with one attached hydrogen (secondary N) is 2. The Morgan fingerprint density at radius 2 is 0.769 bits per heavy atom. The number of piperidine rings is 2. The molecule has 11 nitrogen and oxygen atoms in total. The number of nitrogens with zero attached hydrogens (tertiary/aromatic N) is 2. The standard InChI is InChI=1S/2C19H41N2O3P.Ni.H2O/c2*1-7-8-9-10-11-12-13-17(25(22,23)24)20-16-14-18(2,3)21(6)19(4,5)15-16;;/h2*16-17,20H,7-15H2,1-6H3,(H2,22,23,24);;1H2. The minimum Gasteiger partial charge on any atom is -0.412 e. The summed E-state index contributed by atoms with van der Waals surface area (Å²) in [5.74, 6) is -1.42. The molecule has 2 aliphatic heterocycles. The molecule has 0 spiro atoms. The summed E-state index contributed by atoms with van der Waals surface area (Å²) in [5, 5.41) is 6.68. The van der Waals surface area contributed by atoms with E-state index < -0.39 is 26.8 Å². The van der Waals surface area contributed by atoms with Crippen LogP contribution in [0.5, 0.6) is 0 Å². The van der Waals surface area contributed by atoms with Crippen molar-refractivity contribution in [1.82, 2.24) is 20.4 Å². The summed E-state index contributed by atoms with van der Waals surface area (Å²) < 4.78 is 24.0. The molecular weight excluding hydrogens is 745 g/mol. The van der Waals surface area contributed by atoms with Gasteiger partial charge in [-0.25, -0.2) is 0 Å². The molecule has 2 unspecified atom stereocenters. The van der Waals surface area contributed by atoms with E-state index in [-0.39, 0.29) is 56.2 Å². The minimum atomic E-state index is -4.13. The molecule has 2 atom stereocenters. The van der Waals surface area contributed by atoms with Gasteiger partial charge < -0.3 is 35.7 Å². The third-order valence-corrected chi connectivity index (χ3v) is 14.4. The van der Waals surface area contributed by atoms with Gasteiger partial charge in [0.15, 0.2) is 0 Å². The summed E-state index contributed by atoms with van der Waals surface area (Å²) >= 11 is 0. The molecule has 318 valence electrons. The van der Waals surface area contributed by atoms with Crippen molar-refractivity contribution in [2.45, 2.75) is 231 Å². The number of unbranched alkanes of at least 4 members (excludes halogenated alkanes) is 10. The number of likely N-dealkylation sites (tertiary alicyclic amines) is 2. The Hall–Kier alpha value is 0.594. The number of hydrogen-bond acceptors (Lipinski definition) is 6. The fourth-order valence-electron chi connectivity index (χ4n) is 8.46. The number of rotatable bonds is 20. The Kier molecular flexibility index (Phi) is 25.0. The summed E-state index contributed by atoms with van der Waals surface area (Å²) in [4.78, 5) is 44.0. The molecule has 14 heteroatoms. The van der Waals surface area contributed by atoms with Crippen molar-refractivity contribution < 1.29 is 50.7 Å². The van der Waals surface area contributed by atoms with Crippen LogP contribution >= 0.6 is 15.2 Å². The first-order chi connectivity index (χ1) is 22.8. The molecule has 0 bridgehead atoms. The first-order valence-corrected chi connectivity index (χ1v) is 23.3. The van der Waals surface area contributed by atoms with E-state index in [1.165, 1.54) is 38.5 Å². The maximum Gasteiger partial charge on any atom is 0.342 e. The van der Waals surface area contributed by atoms with E-state index in [9.17, 15) is 28.7 Å². The van der Waals surface area contributed by atoms with E-state index >= 15 is 0 Å². The molecule has 0 aromatic heterocycles. The van der Waals surface area contributed by atoms with E-state index in [0.29, 0.717) is 12.8 Å². The van der Waals surface area contributed by atoms with Crippen LogP contribution in [0.25, 0.3) is 0 Å². The quantitative estimate of drug-likeness (QED) is 0.0399. The molecule has 52 heavy (non-hydrogen) atoms. The van der Waals surface area contributed by atoms with Crippen molar-refractivity contribution in [1.29, 1.82) is 0 Å². The monoisotopic (exact) mass is 829 g/mol. The van der Waals surface area contributed by atoms with E-state index in [4.69, 9.17) is 0 Å². The smallest absolute Gasteiger partial charge is 0.342 e. The van der Waals surface area contributed by atoms with Gasteiger partial charge in [0, 0.05) is 50.7 Å². The Balaban J connectivity index is 0. The van der Waals surface area contributed by atoms with E-state index in [0.717, 1.165) is 64.2 Å². The number of hydrogen-bond donors (Lipinski definition) is 6. The van der Waals surface area contributed by atoms with Crippen molar-refractivity contribution in [3.63, 3.8) is 0 Å². The maximum absolute atomic E-state index is 12.0. The average molecular weight is 830 g/mol. The van der Waals surface area contributed by atoms with Gasteiger partial charge in [0.2, 0.25) is 0 Å². The van der Waals surface area contributed by atoms with Crippen LogP contribution < -0.4 is 10.6 Å². The van der Waals surface area contributed by atoms with Crippen LogP contribution in [-0.4, -0.2) is 94.8 Å². The first-order valence-electron chi connectivity index (χ1n) is 19.9. The summed E-state index contributed by atoms with van der Waals surface area (Å²) in [7, 11) is -3.96. The van der Waals surface area contributed by atoms with Gasteiger partial charge >= 0.3 is 15.2 Å². The van der Waals surface area contributed by atoms with Crippen molar-refractivity contribution >= 4 is 15.2 Å². The molecular formula is C38H84N4NiO7P2. The first kappa shape index (κ1) is 54.7. The summed E-state index contributed by atoms with van der Waals surface area (Å²) in [6.45, 7) is 22.1. The molecule has 0 aliphatic carbocycles. The van der Waals surface area contributed by atoms with Gasteiger partial charge in [-0.15, -0.1) is 0 Å².